The van der Waals surface area contributed by atoms with Gasteiger partial charge in [0.05, 0.1) is 0 Å². The molecule has 0 rings (SSSR count). The van der Waals surface area contributed by atoms with E-state index in [2.05, 4.69) is 26.6 Å². The molecule has 0 fully saturated rings. The summed E-state index contributed by atoms with van der Waals surface area (Å²) in [5, 5.41) is 18.1. The summed E-state index contributed by atoms with van der Waals surface area (Å²) in [7, 11) is 0. The molecule has 0 spiro atoms. The summed E-state index contributed by atoms with van der Waals surface area (Å²) in [6, 6.07) is 0. The van der Waals surface area contributed by atoms with E-state index in [0.29, 0.717) is 0 Å². The Hall–Kier alpha value is -0.280. The Morgan fingerprint density at radius 2 is 0.326 bits per heavy atom. The zero-order chi connectivity index (χ0) is 31.0. The highest BCUT2D eigenvalue weighted by molar-refractivity contribution is 4.57. The van der Waals surface area contributed by atoms with Crippen LogP contribution in [0.15, 0.2) is 0 Å². The molecule has 0 aromatic rings. The maximum atomic E-state index is 5.53. The predicted molar refractivity (Wildman–Crippen MR) is 193 cm³/mol. The lowest BCUT2D eigenvalue weighted by atomic mass is 10.1. The van der Waals surface area contributed by atoms with Gasteiger partial charge in [-0.3, -0.25) is 0 Å². The average molecular weight is 612 g/mol. The van der Waals surface area contributed by atoms with Crippen molar-refractivity contribution in [3.63, 3.8) is 0 Å². The van der Waals surface area contributed by atoms with E-state index in [4.69, 9.17) is 11.5 Å². The summed E-state index contributed by atoms with van der Waals surface area (Å²) in [4.78, 5) is 0. The van der Waals surface area contributed by atoms with Crippen LogP contribution in [0.4, 0.5) is 0 Å². The number of hydrogen-bond donors (Lipinski definition) is 7. The first-order valence-electron chi connectivity index (χ1n) is 19.4. The standard InChI is InChI=1S/C36H81N7/c37-25-13-1-3-15-27-39-29-17-5-7-19-31-41-33-21-9-11-23-35-43-36-24-12-10-22-34-42-32-20-8-6-18-30-40-28-16-4-2-14-26-38/h39-43H,1-38H2. The minimum absolute atomic E-state index is 0.844. The Labute approximate surface area is 270 Å². The van der Waals surface area contributed by atoms with Crippen LogP contribution in [-0.4, -0.2) is 78.5 Å². The maximum absolute atomic E-state index is 5.53. The Morgan fingerprint density at radius 1 is 0.186 bits per heavy atom. The smallest absolute Gasteiger partial charge is 0.00489 e. The monoisotopic (exact) mass is 612 g/mol. The van der Waals surface area contributed by atoms with Crippen molar-refractivity contribution in [2.75, 3.05) is 78.5 Å². The molecule has 7 nitrogen and oxygen atoms in total. The lowest BCUT2D eigenvalue weighted by Crippen LogP contribution is -2.18. The molecule has 0 aromatic carbocycles. The van der Waals surface area contributed by atoms with E-state index in [1.165, 1.54) is 220 Å². The molecule has 43 heavy (non-hydrogen) atoms. The van der Waals surface area contributed by atoms with E-state index in [1.54, 1.807) is 0 Å². The van der Waals surface area contributed by atoms with Crippen LogP contribution in [0.1, 0.15) is 154 Å². The van der Waals surface area contributed by atoms with Crippen LogP contribution in [-0.2, 0) is 0 Å². The molecule has 260 valence electrons. The molecule has 0 atom stereocenters. The fraction of sp³-hybridized carbons (Fsp3) is 1.00. The number of nitrogens with two attached hydrogens (primary N) is 2. The first-order chi connectivity index (χ1) is 21.4. The van der Waals surface area contributed by atoms with E-state index >= 15 is 0 Å². The van der Waals surface area contributed by atoms with Gasteiger partial charge in [-0.05, 0) is 156 Å². The third kappa shape index (κ3) is 41.7. The van der Waals surface area contributed by atoms with Crippen molar-refractivity contribution >= 4 is 0 Å². The molecule has 0 aliphatic carbocycles. The highest BCUT2D eigenvalue weighted by Gasteiger charge is 1.96. The van der Waals surface area contributed by atoms with Crippen LogP contribution < -0.4 is 38.1 Å². The second-order valence-corrected chi connectivity index (χ2v) is 12.8. The molecule has 0 unspecified atom stereocenters. The Balaban J connectivity index is 3.02. The number of nitrogens with one attached hydrogen (secondary N) is 5. The average Bonchev–Trinajstić information content (AvgIpc) is 3.02. The minimum atomic E-state index is 0.844. The van der Waals surface area contributed by atoms with Gasteiger partial charge in [0, 0.05) is 0 Å². The third-order valence-corrected chi connectivity index (χ3v) is 8.44. The fourth-order valence-electron chi connectivity index (χ4n) is 5.53. The van der Waals surface area contributed by atoms with E-state index in [1.807, 2.05) is 0 Å². The van der Waals surface area contributed by atoms with Crippen molar-refractivity contribution in [1.29, 1.82) is 0 Å². The van der Waals surface area contributed by atoms with E-state index in [-0.39, 0.29) is 0 Å². The van der Waals surface area contributed by atoms with Gasteiger partial charge in [0.25, 0.3) is 0 Å². The summed E-state index contributed by atoms with van der Waals surface area (Å²) in [6.07, 6.45) is 31.7. The second-order valence-electron chi connectivity index (χ2n) is 12.8. The Kier molecular flexibility index (Phi) is 41.4. The summed E-state index contributed by atoms with van der Waals surface area (Å²) in [6.45, 7) is 13.6. The SMILES string of the molecule is NCCCCCCNCCCCCCNCCCCCCNCCCCCCNCCCCCCNCCCCCCN. The molecular formula is C36H81N7. The van der Waals surface area contributed by atoms with Crippen molar-refractivity contribution < 1.29 is 0 Å². The zero-order valence-electron chi connectivity index (χ0n) is 29.1. The van der Waals surface area contributed by atoms with Crippen molar-refractivity contribution in [3.8, 4) is 0 Å². The maximum Gasteiger partial charge on any atom is -0.00489 e. The summed E-state index contributed by atoms with van der Waals surface area (Å²) in [5.74, 6) is 0. The normalized spacial score (nSPS) is 11.6. The largest absolute Gasteiger partial charge is 0.330 e. The zero-order valence-corrected chi connectivity index (χ0v) is 29.1. The third-order valence-electron chi connectivity index (χ3n) is 8.44. The van der Waals surface area contributed by atoms with Gasteiger partial charge in [0.1, 0.15) is 0 Å². The highest BCUT2D eigenvalue weighted by atomic mass is 14.9. The summed E-state index contributed by atoms with van der Waals surface area (Å²) in [5.41, 5.74) is 11.1. The van der Waals surface area contributed by atoms with Crippen molar-refractivity contribution in [2.45, 2.75) is 154 Å². The van der Waals surface area contributed by atoms with Crippen molar-refractivity contribution in [3.05, 3.63) is 0 Å². The van der Waals surface area contributed by atoms with Gasteiger partial charge in [-0.25, -0.2) is 0 Å². The number of hydrogen-bond acceptors (Lipinski definition) is 7. The summed E-state index contributed by atoms with van der Waals surface area (Å²) >= 11 is 0. The molecule has 0 saturated carbocycles. The van der Waals surface area contributed by atoms with Crippen LogP contribution >= 0.6 is 0 Å². The Morgan fingerprint density at radius 3 is 0.465 bits per heavy atom. The van der Waals surface area contributed by atoms with E-state index < -0.39 is 0 Å². The minimum Gasteiger partial charge on any atom is -0.330 e. The first kappa shape index (κ1) is 42.7. The van der Waals surface area contributed by atoms with Gasteiger partial charge in [-0.1, -0.05) is 77.0 Å². The van der Waals surface area contributed by atoms with Crippen LogP contribution in [0.25, 0.3) is 0 Å². The molecule has 0 aliphatic rings. The quantitative estimate of drug-likeness (QED) is 0.0412. The van der Waals surface area contributed by atoms with Gasteiger partial charge in [-0.2, -0.15) is 0 Å². The summed E-state index contributed by atoms with van der Waals surface area (Å²) < 4.78 is 0. The molecule has 0 aliphatic heterocycles. The second kappa shape index (κ2) is 41.7. The Bertz CT molecular complexity index is 427. The van der Waals surface area contributed by atoms with Gasteiger partial charge in [-0.15, -0.1) is 0 Å². The highest BCUT2D eigenvalue weighted by Crippen LogP contribution is 2.03. The van der Waals surface area contributed by atoms with Crippen LogP contribution in [0, 0.1) is 0 Å². The van der Waals surface area contributed by atoms with E-state index in [9.17, 15) is 0 Å². The molecule has 0 amide bonds. The first-order valence-corrected chi connectivity index (χ1v) is 19.4. The van der Waals surface area contributed by atoms with E-state index in [0.717, 1.165) is 13.1 Å². The molecule has 0 heterocycles. The van der Waals surface area contributed by atoms with Crippen LogP contribution in [0.5, 0.6) is 0 Å². The molecule has 9 N–H and O–H groups in total. The van der Waals surface area contributed by atoms with Gasteiger partial charge in [0.2, 0.25) is 0 Å². The molecular weight excluding hydrogens is 530 g/mol. The van der Waals surface area contributed by atoms with Gasteiger partial charge < -0.3 is 38.1 Å². The van der Waals surface area contributed by atoms with Crippen molar-refractivity contribution in [2.24, 2.45) is 11.5 Å². The molecule has 0 saturated heterocycles. The lowest BCUT2D eigenvalue weighted by Gasteiger charge is -2.07. The number of rotatable bonds is 40. The van der Waals surface area contributed by atoms with Crippen LogP contribution in [0.3, 0.4) is 0 Å². The van der Waals surface area contributed by atoms with Gasteiger partial charge >= 0.3 is 0 Å². The number of unbranched alkanes of at least 4 members (excludes halogenated alkanes) is 18. The topological polar surface area (TPSA) is 112 Å². The molecule has 0 bridgehead atoms. The van der Waals surface area contributed by atoms with Crippen molar-refractivity contribution in [1.82, 2.24) is 26.6 Å². The fourth-order valence-corrected chi connectivity index (χ4v) is 5.53. The lowest BCUT2D eigenvalue weighted by molar-refractivity contribution is 0.523. The molecule has 0 aromatic heterocycles. The predicted octanol–water partition coefficient (Wildman–Crippen LogP) is 6.21. The van der Waals surface area contributed by atoms with Crippen LogP contribution in [0.2, 0.25) is 0 Å². The molecule has 7 heteroatoms. The van der Waals surface area contributed by atoms with Gasteiger partial charge in [0.15, 0.2) is 0 Å². The molecule has 0 radical (unpaired) electrons.